The summed E-state index contributed by atoms with van der Waals surface area (Å²) < 4.78 is -0.553. The number of unbranched alkanes of at least 4 members (excludes halogenated alkanes) is 1. The lowest BCUT2D eigenvalue weighted by Gasteiger charge is -2.38. The van der Waals surface area contributed by atoms with Crippen molar-refractivity contribution in [2.24, 2.45) is 23.2 Å². The van der Waals surface area contributed by atoms with Gasteiger partial charge in [-0.2, -0.15) is 0 Å². The van der Waals surface area contributed by atoms with Crippen molar-refractivity contribution in [2.75, 3.05) is 20.6 Å². The molecule has 14 heteroatoms. The van der Waals surface area contributed by atoms with E-state index in [2.05, 4.69) is 47.8 Å². The summed E-state index contributed by atoms with van der Waals surface area (Å²) in [5, 5.41) is 8.35. The van der Waals surface area contributed by atoms with E-state index in [1.54, 1.807) is 44.4 Å². The minimum absolute atomic E-state index is 0.0709. The van der Waals surface area contributed by atoms with Crippen molar-refractivity contribution in [1.29, 1.82) is 0 Å². The Morgan fingerprint density at radius 3 is 2.10 bits per heavy atom. The third-order valence-electron chi connectivity index (χ3n) is 9.53. The average Bonchev–Trinajstić information content (AvgIpc) is 3.35. The number of alkyl halides is 2. The number of fused-ring (bicyclic) bond motifs is 1. The molecule has 0 aromatic heterocycles. The van der Waals surface area contributed by atoms with Crippen LogP contribution in [0.15, 0.2) is 30.3 Å². The number of piperidine rings is 1. The quantitative estimate of drug-likeness (QED) is 0.155. The van der Waals surface area contributed by atoms with Gasteiger partial charge in [-0.25, -0.2) is 4.79 Å². The van der Waals surface area contributed by atoms with Gasteiger partial charge in [-0.05, 0) is 38.2 Å². The van der Waals surface area contributed by atoms with Gasteiger partial charge in [-0.15, -0.1) is 0 Å². The number of benzene rings is 1. The molecule has 0 spiro atoms. The first-order valence-corrected chi connectivity index (χ1v) is 19.5. The zero-order valence-corrected chi connectivity index (χ0v) is 35.0. The molecular weight excluding hydrogens is 798 g/mol. The predicted molar refractivity (Wildman–Crippen MR) is 206 cm³/mol. The highest BCUT2D eigenvalue weighted by molar-refractivity contribution is 9.25. The minimum atomic E-state index is -0.954. The zero-order chi connectivity index (χ0) is 39.3. The Kier molecular flexibility index (Phi) is 14.4. The van der Waals surface area contributed by atoms with E-state index >= 15 is 0 Å². The smallest absolute Gasteiger partial charge is 0.315 e. The van der Waals surface area contributed by atoms with Gasteiger partial charge in [0.05, 0.1) is 9.28 Å². The summed E-state index contributed by atoms with van der Waals surface area (Å²) in [6, 6.07) is 5.47. The summed E-state index contributed by atoms with van der Waals surface area (Å²) in [5.74, 6) is -4.37. The van der Waals surface area contributed by atoms with Gasteiger partial charge in [0.2, 0.25) is 23.5 Å². The maximum atomic E-state index is 14.2. The van der Waals surface area contributed by atoms with Gasteiger partial charge in [0, 0.05) is 63.2 Å². The van der Waals surface area contributed by atoms with Crippen molar-refractivity contribution in [1.82, 2.24) is 25.8 Å². The maximum absolute atomic E-state index is 14.2. The molecule has 3 rings (SSSR count). The Bertz CT molecular complexity index is 1520. The molecule has 1 unspecified atom stereocenters. The highest BCUT2D eigenvalue weighted by Crippen LogP contribution is 2.68. The number of carbonyl (C=O) groups is 7. The van der Waals surface area contributed by atoms with Crippen LogP contribution in [0, 0.1) is 23.2 Å². The van der Waals surface area contributed by atoms with Gasteiger partial charge in [-0.3, -0.25) is 28.8 Å². The molecule has 1 aromatic carbocycles. The fourth-order valence-electron chi connectivity index (χ4n) is 6.67. The Labute approximate surface area is 324 Å². The fourth-order valence-corrected chi connectivity index (χ4v) is 8.40. The summed E-state index contributed by atoms with van der Waals surface area (Å²) in [7, 11) is 3.16. The summed E-state index contributed by atoms with van der Waals surface area (Å²) in [4.78, 5) is 96.9. The Morgan fingerprint density at radius 1 is 0.942 bits per heavy atom. The first-order valence-electron chi connectivity index (χ1n) is 17.9. The van der Waals surface area contributed by atoms with E-state index in [-0.39, 0.29) is 49.3 Å². The predicted octanol–water partition coefficient (Wildman–Crippen LogP) is 5.07. The Hall–Kier alpha value is -3.13. The number of nitrogens with one attached hydrogen (secondary N) is 3. The molecule has 1 heterocycles. The molecule has 1 saturated carbocycles. The number of carbonyl (C=O) groups excluding carboxylic acids is 7. The molecule has 52 heavy (non-hydrogen) atoms. The maximum Gasteiger partial charge on any atom is 0.315 e. The fraction of sp³-hybridized carbons (Fsp3) is 0.658. The second-order valence-electron chi connectivity index (χ2n) is 16.3. The Morgan fingerprint density at radius 2 is 1.56 bits per heavy atom. The number of hydrogen-bond acceptors (Lipinski definition) is 7. The van der Waals surface area contributed by atoms with E-state index in [1.165, 1.54) is 9.80 Å². The van der Waals surface area contributed by atoms with Gasteiger partial charge < -0.3 is 25.8 Å². The van der Waals surface area contributed by atoms with E-state index < -0.39 is 67.6 Å². The summed E-state index contributed by atoms with van der Waals surface area (Å²) >= 11 is 7.34. The summed E-state index contributed by atoms with van der Waals surface area (Å²) in [6.45, 7) is 13.2. The van der Waals surface area contributed by atoms with Crippen molar-refractivity contribution in [3.63, 3.8) is 0 Å². The van der Waals surface area contributed by atoms with Crippen molar-refractivity contribution < 1.29 is 33.6 Å². The number of amides is 5. The molecule has 6 atom stereocenters. The topological polar surface area (TPSA) is 162 Å². The lowest BCUT2D eigenvalue weighted by Crippen LogP contribution is -2.60. The summed E-state index contributed by atoms with van der Waals surface area (Å²) in [6.07, 6.45) is 0.707. The van der Waals surface area contributed by atoms with Crippen LogP contribution in [0.1, 0.15) is 98.6 Å². The van der Waals surface area contributed by atoms with Crippen LogP contribution >= 0.6 is 31.9 Å². The van der Waals surface area contributed by atoms with Crippen molar-refractivity contribution in [3.05, 3.63) is 35.9 Å². The molecule has 1 aliphatic carbocycles. The number of nitrogens with zero attached hydrogens (tertiary/aromatic N) is 2. The largest absolute Gasteiger partial charge is 0.347 e. The van der Waals surface area contributed by atoms with Gasteiger partial charge in [-0.1, -0.05) is 103 Å². The first kappa shape index (κ1) is 43.3. The lowest BCUT2D eigenvalue weighted by atomic mass is 9.84. The number of hydrogen-bond donors (Lipinski definition) is 3. The lowest BCUT2D eigenvalue weighted by molar-refractivity contribution is -0.144. The van der Waals surface area contributed by atoms with Crippen LogP contribution in [-0.2, 0) is 28.8 Å². The number of likely N-dealkylation sites (tertiary alicyclic amines) is 1. The number of Topliss-reactive ketones (excluding diaryl/α,β-unsaturated/α-hetero) is 3. The van der Waals surface area contributed by atoms with Crippen molar-refractivity contribution in [2.45, 2.75) is 114 Å². The number of urea groups is 1. The monoisotopic (exact) mass is 851 g/mol. The van der Waals surface area contributed by atoms with Crippen LogP contribution in [0.5, 0.6) is 0 Å². The molecular formula is C38H55Br2N5O7. The third kappa shape index (κ3) is 11.0. The van der Waals surface area contributed by atoms with Crippen molar-refractivity contribution in [3.8, 4) is 0 Å². The second-order valence-corrected chi connectivity index (χ2v) is 20.0. The highest BCUT2D eigenvalue weighted by atomic mass is 79.9. The highest BCUT2D eigenvalue weighted by Gasteiger charge is 2.72. The molecule has 288 valence electrons. The van der Waals surface area contributed by atoms with Gasteiger partial charge in [0.15, 0.2) is 11.6 Å². The molecule has 0 bridgehead atoms. The van der Waals surface area contributed by atoms with E-state index in [9.17, 15) is 33.6 Å². The summed E-state index contributed by atoms with van der Waals surface area (Å²) in [5.41, 5.74) is -0.640. The minimum Gasteiger partial charge on any atom is -0.347 e. The van der Waals surface area contributed by atoms with Crippen LogP contribution in [-0.4, -0.2) is 92.4 Å². The Balaban J connectivity index is 1.76. The van der Waals surface area contributed by atoms with E-state index in [1.807, 2.05) is 48.5 Å². The molecule has 2 fully saturated rings. The SMILES string of the molecule is CCCCC(CC(=O)[C@@H]1[C@@H]2[C@H](CN1C(=O)[C@@H](NC(=O)NC(C)(C)C)C(C)(C)C)C2(Br)Br)C(=O)C(=O)CCC(=O)N[C@H](C(=O)N(C)C)c1ccccc1. The van der Waals surface area contributed by atoms with Crippen molar-refractivity contribution >= 4 is 73.0 Å². The van der Waals surface area contributed by atoms with Gasteiger partial charge in [0.1, 0.15) is 12.1 Å². The molecule has 12 nitrogen and oxygen atoms in total. The molecule has 1 aliphatic heterocycles. The zero-order valence-electron chi connectivity index (χ0n) is 31.8. The second kappa shape index (κ2) is 17.3. The molecule has 3 N–H and O–H groups in total. The number of ketones is 3. The average molecular weight is 854 g/mol. The molecule has 1 saturated heterocycles. The molecule has 1 aromatic rings. The normalized spacial score (nSPS) is 20.8. The first-order chi connectivity index (χ1) is 24.0. The van der Waals surface area contributed by atoms with Crippen LogP contribution in [0.3, 0.4) is 0 Å². The molecule has 2 aliphatic rings. The van der Waals surface area contributed by atoms with E-state index in [0.29, 0.717) is 18.4 Å². The molecule has 0 radical (unpaired) electrons. The van der Waals surface area contributed by atoms with Gasteiger partial charge >= 0.3 is 6.03 Å². The van der Waals surface area contributed by atoms with E-state index in [0.717, 1.165) is 6.42 Å². The van der Waals surface area contributed by atoms with Crippen LogP contribution in [0.2, 0.25) is 0 Å². The van der Waals surface area contributed by atoms with Crippen LogP contribution < -0.4 is 16.0 Å². The van der Waals surface area contributed by atoms with Crippen LogP contribution in [0.4, 0.5) is 4.79 Å². The van der Waals surface area contributed by atoms with E-state index in [4.69, 9.17) is 0 Å². The molecule has 5 amide bonds. The number of rotatable bonds is 16. The standard InChI is InChI=1S/C38H55Br2N5O7/c1-10-11-15-23(31(49)25(46)18-19-27(48)41-29(33(50)44(8)9)22-16-13-12-14-17-22)20-26(47)30-28-24(38(28,39)40)21-45(30)34(51)32(36(2,3)4)42-35(52)43-37(5,6)7/h12-14,16-17,23-24,28-30,32H,10-11,15,18-21H2,1-9H3,(H,41,48)(H2,42,43,52)/t23?,24-,28-,29-,30+,32+/m0/s1. The van der Waals surface area contributed by atoms with Gasteiger partial charge in [0.25, 0.3) is 0 Å². The number of likely N-dealkylation sites (N-methyl/N-ethyl adjacent to an activating group) is 1. The number of halogens is 2. The van der Waals surface area contributed by atoms with Crippen LogP contribution in [0.25, 0.3) is 0 Å². The third-order valence-corrected chi connectivity index (χ3v) is 11.8.